The summed E-state index contributed by atoms with van der Waals surface area (Å²) in [6, 6.07) is 12.1. The maximum atomic E-state index is 12.7. The van der Waals surface area contributed by atoms with E-state index in [9.17, 15) is 9.59 Å². The third kappa shape index (κ3) is 3.61. The summed E-state index contributed by atoms with van der Waals surface area (Å²) < 4.78 is 5.11. The van der Waals surface area contributed by atoms with Crippen molar-refractivity contribution in [3.05, 3.63) is 53.1 Å². The lowest BCUT2D eigenvalue weighted by atomic mass is 10.1. The number of anilines is 2. The SMILES string of the molecule is COc1ccc(NC(=O)C2CCC(=O)N2c2ccc(C)cc2)cc1Cl. The van der Waals surface area contributed by atoms with E-state index in [4.69, 9.17) is 16.3 Å². The molecule has 2 amide bonds. The van der Waals surface area contributed by atoms with Crippen molar-refractivity contribution in [1.82, 2.24) is 0 Å². The first-order chi connectivity index (χ1) is 12.0. The molecule has 0 bridgehead atoms. The molecule has 3 rings (SSSR count). The number of amides is 2. The van der Waals surface area contributed by atoms with Crippen LogP contribution < -0.4 is 15.0 Å². The van der Waals surface area contributed by atoms with Crippen molar-refractivity contribution in [3.8, 4) is 5.75 Å². The van der Waals surface area contributed by atoms with Crippen molar-refractivity contribution in [2.75, 3.05) is 17.3 Å². The fourth-order valence-electron chi connectivity index (χ4n) is 2.93. The third-order valence-electron chi connectivity index (χ3n) is 4.25. The molecule has 1 heterocycles. The van der Waals surface area contributed by atoms with Crippen molar-refractivity contribution >= 4 is 34.8 Å². The summed E-state index contributed by atoms with van der Waals surface area (Å²) in [5.74, 6) is 0.265. The number of carbonyl (C=O) groups is 2. The molecule has 0 spiro atoms. The molecule has 5 nitrogen and oxygen atoms in total. The number of halogens is 1. The molecule has 1 aliphatic heterocycles. The second-order valence-corrected chi connectivity index (χ2v) is 6.40. The van der Waals surface area contributed by atoms with Crippen molar-refractivity contribution in [2.24, 2.45) is 0 Å². The smallest absolute Gasteiger partial charge is 0.247 e. The molecule has 1 unspecified atom stereocenters. The third-order valence-corrected chi connectivity index (χ3v) is 4.54. The molecule has 0 saturated carbocycles. The van der Waals surface area contributed by atoms with Gasteiger partial charge in [0, 0.05) is 17.8 Å². The minimum Gasteiger partial charge on any atom is -0.495 e. The zero-order valence-corrected chi connectivity index (χ0v) is 14.8. The Labute approximate surface area is 151 Å². The van der Waals surface area contributed by atoms with Crippen LogP contribution in [0.1, 0.15) is 18.4 Å². The molecule has 0 radical (unpaired) electrons. The van der Waals surface area contributed by atoms with E-state index in [1.165, 1.54) is 7.11 Å². The second-order valence-electron chi connectivity index (χ2n) is 5.99. The summed E-state index contributed by atoms with van der Waals surface area (Å²) in [5, 5.41) is 3.25. The first-order valence-corrected chi connectivity index (χ1v) is 8.40. The van der Waals surface area contributed by atoms with Crippen molar-refractivity contribution in [2.45, 2.75) is 25.8 Å². The molecular weight excluding hydrogens is 340 g/mol. The summed E-state index contributed by atoms with van der Waals surface area (Å²) in [5.41, 5.74) is 2.41. The fourth-order valence-corrected chi connectivity index (χ4v) is 3.19. The number of benzene rings is 2. The van der Waals surface area contributed by atoms with Crippen molar-refractivity contribution in [3.63, 3.8) is 0 Å². The normalized spacial score (nSPS) is 16.8. The van der Waals surface area contributed by atoms with Crippen LogP contribution in [-0.4, -0.2) is 25.0 Å². The van der Waals surface area contributed by atoms with E-state index in [0.29, 0.717) is 29.3 Å². The fraction of sp³-hybridized carbons (Fsp3) is 0.263. The number of nitrogens with zero attached hydrogens (tertiary/aromatic N) is 1. The molecule has 1 atom stereocenters. The van der Waals surface area contributed by atoms with Gasteiger partial charge < -0.3 is 10.1 Å². The van der Waals surface area contributed by atoms with Gasteiger partial charge in [-0.15, -0.1) is 0 Å². The number of carbonyl (C=O) groups excluding carboxylic acids is 2. The molecule has 25 heavy (non-hydrogen) atoms. The maximum absolute atomic E-state index is 12.7. The number of aryl methyl sites for hydroxylation is 1. The molecule has 6 heteroatoms. The minimum absolute atomic E-state index is 0.0447. The number of methoxy groups -OCH3 is 1. The number of hydrogen-bond acceptors (Lipinski definition) is 3. The number of hydrogen-bond donors (Lipinski definition) is 1. The Balaban J connectivity index is 1.79. The molecule has 2 aromatic rings. The van der Waals surface area contributed by atoms with E-state index in [-0.39, 0.29) is 11.8 Å². The molecule has 1 N–H and O–H groups in total. The summed E-state index contributed by atoms with van der Waals surface area (Å²) in [6.45, 7) is 1.98. The zero-order valence-electron chi connectivity index (χ0n) is 14.1. The van der Waals surface area contributed by atoms with Gasteiger partial charge in [-0.3, -0.25) is 14.5 Å². The molecule has 0 aromatic heterocycles. The van der Waals surface area contributed by atoms with Crippen LogP contribution in [0, 0.1) is 6.92 Å². The standard InChI is InChI=1S/C19H19ClN2O3/c1-12-3-6-14(7-4-12)22-16(8-10-18(22)23)19(24)21-13-5-9-17(25-2)15(20)11-13/h3-7,9,11,16H,8,10H2,1-2H3,(H,21,24). The first-order valence-electron chi connectivity index (χ1n) is 8.02. The van der Waals surface area contributed by atoms with E-state index in [1.54, 1.807) is 23.1 Å². The summed E-state index contributed by atoms with van der Waals surface area (Å²) in [7, 11) is 1.53. The largest absolute Gasteiger partial charge is 0.495 e. The highest BCUT2D eigenvalue weighted by Gasteiger charge is 2.37. The monoisotopic (exact) mass is 358 g/mol. The molecule has 2 aromatic carbocycles. The van der Waals surface area contributed by atoms with Gasteiger partial charge in [-0.05, 0) is 43.7 Å². The van der Waals surface area contributed by atoms with Crippen LogP contribution >= 0.6 is 11.6 Å². The van der Waals surface area contributed by atoms with Gasteiger partial charge in [0.25, 0.3) is 0 Å². The van der Waals surface area contributed by atoms with Crippen LogP contribution in [0.4, 0.5) is 11.4 Å². The Bertz CT molecular complexity index is 805. The van der Waals surface area contributed by atoms with Gasteiger partial charge in [0.05, 0.1) is 12.1 Å². The van der Waals surface area contributed by atoms with Crippen molar-refractivity contribution < 1.29 is 14.3 Å². The van der Waals surface area contributed by atoms with Gasteiger partial charge in [0.2, 0.25) is 11.8 Å². The summed E-state index contributed by atoms with van der Waals surface area (Å²) in [4.78, 5) is 26.5. The molecule has 1 saturated heterocycles. The average molecular weight is 359 g/mol. The van der Waals surface area contributed by atoms with E-state index in [0.717, 1.165) is 11.3 Å². The molecule has 0 aliphatic carbocycles. The second kappa shape index (κ2) is 7.15. The van der Waals surface area contributed by atoms with Crippen LogP contribution in [0.5, 0.6) is 5.75 Å². The van der Waals surface area contributed by atoms with Gasteiger partial charge in [0.1, 0.15) is 11.8 Å². The van der Waals surface area contributed by atoms with E-state index in [1.807, 2.05) is 31.2 Å². The molecule has 1 fully saturated rings. The summed E-state index contributed by atoms with van der Waals surface area (Å²) >= 11 is 6.09. The Hall–Kier alpha value is -2.53. The van der Waals surface area contributed by atoms with Gasteiger partial charge in [0.15, 0.2) is 0 Å². The van der Waals surface area contributed by atoms with Gasteiger partial charge in [-0.1, -0.05) is 29.3 Å². The topological polar surface area (TPSA) is 58.6 Å². The Kier molecular flexibility index (Phi) is 4.95. The summed E-state index contributed by atoms with van der Waals surface area (Å²) in [6.07, 6.45) is 0.845. The highest BCUT2D eigenvalue weighted by molar-refractivity contribution is 6.32. The predicted molar refractivity (Wildman–Crippen MR) is 98.3 cm³/mol. The van der Waals surface area contributed by atoms with Gasteiger partial charge in [-0.25, -0.2) is 0 Å². The average Bonchev–Trinajstić information content (AvgIpc) is 2.97. The highest BCUT2D eigenvalue weighted by atomic mass is 35.5. The lowest BCUT2D eigenvalue weighted by Gasteiger charge is -2.24. The first kappa shape index (κ1) is 17.3. The van der Waals surface area contributed by atoms with Crippen LogP contribution in [0.25, 0.3) is 0 Å². The molecule has 130 valence electrons. The van der Waals surface area contributed by atoms with Crippen LogP contribution in [0.3, 0.4) is 0 Å². The lowest BCUT2D eigenvalue weighted by molar-refractivity contribution is -0.120. The van der Waals surface area contributed by atoms with Crippen LogP contribution in [0.2, 0.25) is 5.02 Å². The maximum Gasteiger partial charge on any atom is 0.247 e. The molecule has 1 aliphatic rings. The van der Waals surface area contributed by atoms with E-state index >= 15 is 0 Å². The van der Waals surface area contributed by atoms with E-state index < -0.39 is 6.04 Å². The van der Waals surface area contributed by atoms with Gasteiger partial charge in [-0.2, -0.15) is 0 Å². The Morgan fingerprint density at radius 3 is 2.60 bits per heavy atom. The van der Waals surface area contributed by atoms with Crippen molar-refractivity contribution in [1.29, 1.82) is 0 Å². The van der Waals surface area contributed by atoms with Gasteiger partial charge >= 0.3 is 0 Å². The Morgan fingerprint density at radius 1 is 1.24 bits per heavy atom. The lowest BCUT2D eigenvalue weighted by Crippen LogP contribution is -2.41. The quantitative estimate of drug-likeness (QED) is 0.904. The van der Waals surface area contributed by atoms with Crippen LogP contribution in [0.15, 0.2) is 42.5 Å². The number of nitrogens with one attached hydrogen (secondary N) is 1. The van der Waals surface area contributed by atoms with Crippen LogP contribution in [-0.2, 0) is 9.59 Å². The number of ether oxygens (including phenoxy) is 1. The Morgan fingerprint density at radius 2 is 1.96 bits per heavy atom. The van der Waals surface area contributed by atoms with E-state index in [2.05, 4.69) is 5.32 Å². The predicted octanol–water partition coefficient (Wildman–Crippen LogP) is 3.79. The zero-order chi connectivity index (χ0) is 18.0. The number of rotatable bonds is 4. The highest BCUT2D eigenvalue weighted by Crippen LogP contribution is 2.30. The minimum atomic E-state index is -0.531. The molecular formula is C19H19ClN2O3.